The fourth-order valence-electron chi connectivity index (χ4n) is 2.38. The van der Waals surface area contributed by atoms with Crippen LogP contribution in [0.2, 0.25) is 5.02 Å². The van der Waals surface area contributed by atoms with Crippen LogP contribution in [0, 0.1) is 18.3 Å². The molecule has 2 aromatic rings. The molecule has 0 aromatic heterocycles. The van der Waals surface area contributed by atoms with Crippen LogP contribution in [0.15, 0.2) is 42.5 Å². The average Bonchev–Trinajstić information content (AvgIpc) is 2.46. The van der Waals surface area contributed by atoms with Gasteiger partial charge in [0.2, 0.25) is 0 Å². The van der Waals surface area contributed by atoms with E-state index in [4.69, 9.17) is 11.6 Å². The molecule has 0 amide bonds. The minimum Gasteiger partial charge on any atom is -0.367 e. The van der Waals surface area contributed by atoms with Crippen molar-refractivity contribution in [1.29, 1.82) is 5.26 Å². The molecule has 0 aliphatic carbocycles. The van der Waals surface area contributed by atoms with Crippen LogP contribution in [0.3, 0.4) is 0 Å². The molecule has 0 aliphatic heterocycles. The number of rotatable bonds is 3. The van der Waals surface area contributed by atoms with Crippen molar-refractivity contribution < 1.29 is 0 Å². The third-order valence-electron chi connectivity index (χ3n) is 3.64. The molecule has 2 nitrogen and oxygen atoms in total. The summed E-state index contributed by atoms with van der Waals surface area (Å²) in [7, 11) is 2.02. The first-order chi connectivity index (χ1) is 9.54. The summed E-state index contributed by atoms with van der Waals surface area (Å²) in [6, 6.07) is 16.1. The Bertz CT molecular complexity index is 641. The van der Waals surface area contributed by atoms with Crippen LogP contribution in [-0.2, 0) is 0 Å². The van der Waals surface area contributed by atoms with Crippen molar-refractivity contribution >= 4 is 17.3 Å². The van der Waals surface area contributed by atoms with E-state index in [1.807, 2.05) is 56.4 Å². The van der Waals surface area contributed by atoms with Gasteiger partial charge >= 0.3 is 0 Å². The number of para-hydroxylation sites is 1. The maximum absolute atomic E-state index is 9.29. The first kappa shape index (κ1) is 14.4. The summed E-state index contributed by atoms with van der Waals surface area (Å²) in [6.45, 7) is 4.15. The second-order valence-electron chi connectivity index (χ2n) is 4.92. The van der Waals surface area contributed by atoms with E-state index in [2.05, 4.69) is 17.9 Å². The summed E-state index contributed by atoms with van der Waals surface area (Å²) in [5, 5.41) is 10.0. The lowest BCUT2D eigenvalue weighted by atomic mass is 10.0. The van der Waals surface area contributed by atoms with Crippen molar-refractivity contribution in [3.63, 3.8) is 0 Å². The normalized spacial score (nSPS) is 11.8. The van der Waals surface area contributed by atoms with Crippen molar-refractivity contribution in [1.82, 2.24) is 0 Å². The molecule has 1 atom stereocenters. The lowest BCUT2D eigenvalue weighted by Crippen LogP contribution is -2.23. The van der Waals surface area contributed by atoms with Crippen molar-refractivity contribution in [2.75, 3.05) is 11.9 Å². The van der Waals surface area contributed by atoms with Crippen molar-refractivity contribution in [2.45, 2.75) is 19.9 Å². The molecule has 0 spiro atoms. The second-order valence-corrected chi connectivity index (χ2v) is 5.36. The van der Waals surface area contributed by atoms with Gasteiger partial charge in [-0.2, -0.15) is 5.26 Å². The first-order valence-electron chi connectivity index (χ1n) is 6.52. The van der Waals surface area contributed by atoms with Gasteiger partial charge in [0.15, 0.2) is 0 Å². The number of benzene rings is 2. The molecule has 0 saturated heterocycles. The van der Waals surface area contributed by atoms with Gasteiger partial charge in [-0.1, -0.05) is 35.9 Å². The number of hydrogen-bond donors (Lipinski definition) is 0. The quantitative estimate of drug-likeness (QED) is 0.815. The molecular formula is C17H17ClN2. The van der Waals surface area contributed by atoms with E-state index in [0.717, 1.165) is 16.3 Å². The van der Waals surface area contributed by atoms with Gasteiger partial charge in [-0.05, 0) is 43.2 Å². The maximum atomic E-state index is 9.29. The minimum absolute atomic E-state index is 0.167. The molecular weight excluding hydrogens is 268 g/mol. The Labute approximate surface area is 125 Å². The highest BCUT2D eigenvalue weighted by atomic mass is 35.5. The summed E-state index contributed by atoms with van der Waals surface area (Å²) in [4.78, 5) is 2.14. The number of nitrogens with zero attached hydrogens (tertiary/aromatic N) is 2. The molecule has 2 rings (SSSR count). The Kier molecular flexibility index (Phi) is 4.32. The van der Waals surface area contributed by atoms with Gasteiger partial charge in [0.05, 0.1) is 17.3 Å². The van der Waals surface area contributed by atoms with E-state index >= 15 is 0 Å². The van der Waals surface area contributed by atoms with Crippen molar-refractivity contribution in [2.24, 2.45) is 0 Å². The number of anilines is 1. The van der Waals surface area contributed by atoms with E-state index < -0.39 is 0 Å². The number of halogens is 1. The summed E-state index contributed by atoms with van der Waals surface area (Å²) in [5.74, 6) is 0. The molecule has 102 valence electrons. The molecule has 0 N–H and O–H groups in total. The molecule has 0 heterocycles. The van der Waals surface area contributed by atoms with E-state index in [9.17, 15) is 5.26 Å². The Balaban J connectivity index is 2.39. The lowest BCUT2D eigenvalue weighted by molar-refractivity contribution is 0.736. The highest BCUT2D eigenvalue weighted by Gasteiger charge is 2.17. The number of hydrogen-bond acceptors (Lipinski definition) is 2. The summed E-state index contributed by atoms with van der Waals surface area (Å²) in [6.07, 6.45) is 0. The van der Waals surface area contributed by atoms with Crippen LogP contribution in [0.1, 0.15) is 29.7 Å². The lowest BCUT2D eigenvalue weighted by Gasteiger charge is -2.29. The van der Waals surface area contributed by atoms with E-state index in [-0.39, 0.29) is 6.04 Å². The molecule has 0 fully saturated rings. The van der Waals surface area contributed by atoms with Gasteiger partial charge in [0.25, 0.3) is 0 Å². The monoisotopic (exact) mass is 284 g/mol. The summed E-state index contributed by atoms with van der Waals surface area (Å²) in [5.41, 5.74) is 3.96. The summed E-state index contributed by atoms with van der Waals surface area (Å²) < 4.78 is 0. The van der Waals surface area contributed by atoms with Crippen molar-refractivity contribution in [3.05, 3.63) is 64.2 Å². The summed E-state index contributed by atoms with van der Waals surface area (Å²) >= 11 is 5.93. The van der Waals surface area contributed by atoms with Gasteiger partial charge in [0.1, 0.15) is 6.07 Å². The molecule has 20 heavy (non-hydrogen) atoms. The van der Waals surface area contributed by atoms with E-state index in [0.29, 0.717) is 5.56 Å². The molecule has 3 heteroatoms. The standard InChI is InChI=1S/C17H17ClN2/c1-12-5-4-6-15(11-19)17(12)20(3)13(2)14-7-9-16(18)10-8-14/h4-10,13H,1-3H3. The van der Waals surface area contributed by atoms with Gasteiger partial charge in [-0.15, -0.1) is 0 Å². The van der Waals surface area contributed by atoms with Crippen molar-refractivity contribution in [3.8, 4) is 6.07 Å². The minimum atomic E-state index is 0.167. The van der Waals surface area contributed by atoms with E-state index in [1.165, 1.54) is 5.56 Å². The predicted molar refractivity (Wildman–Crippen MR) is 84.2 cm³/mol. The van der Waals surface area contributed by atoms with Crippen LogP contribution < -0.4 is 4.90 Å². The van der Waals surface area contributed by atoms with Gasteiger partial charge < -0.3 is 4.90 Å². The Morgan fingerprint density at radius 1 is 1.15 bits per heavy atom. The van der Waals surface area contributed by atoms with Crippen LogP contribution in [-0.4, -0.2) is 7.05 Å². The van der Waals surface area contributed by atoms with Gasteiger partial charge in [0, 0.05) is 12.1 Å². The SMILES string of the molecule is Cc1cccc(C#N)c1N(C)C(C)c1ccc(Cl)cc1. The predicted octanol–water partition coefficient (Wildman–Crippen LogP) is 4.72. The molecule has 0 aliphatic rings. The topological polar surface area (TPSA) is 27.0 Å². The third kappa shape index (κ3) is 2.79. The smallest absolute Gasteiger partial charge is 0.101 e. The van der Waals surface area contributed by atoms with Crippen LogP contribution in [0.4, 0.5) is 5.69 Å². The fraction of sp³-hybridized carbons (Fsp3) is 0.235. The zero-order valence-electron chi connectivity index (χ0n) is 11.9. The molecule has 0 bridgehead atoms. The maximum Gasteiger partial charge on any atom is 0.101 e. The highest BCUT2D eigenvalue weighted by molar-refractivity contribution is 6.30. The Morgan fingerprint density at radius 3 is 2.40 bits per heavy atom. The Hall–Kier alpha value is -1.98. The van der Waals surface area contributed by atoms with Crippen LogP contribution in [0.5, 0.6) is 0 Å². The molecule has 0 saturated carbocycles. The Morgan fingerprint density at radius 2 is 1.80 bits per heavy atom. The third-order valence-corrected chi connectivity index (χ3v) is 3.90. The highest BCUT2D eigenvalue weighted by Crippen LogP contribution is 2.31. The average molecular weight is 285 g/mol. The number of aryl methyl sites for hydroxylation is 1. The zero-order valence-corrected chi connectivity index (χ0v) is 12.6. The molecule has 0 radical (unpaired) electrons. The first-order valence-corrected chi connectivity index (χ1v) is 6.90. The van der Waals surface area contributed by atoms with Gasteiger partial charge in [-0.3, -0.25) is 0 Å². The number of nitriles is 1. The second kappa shape index (κ2) is 5.98. The largest absolute Gasteiger partial charge is 0.367 e. The van der Waals surface area contributed by atoms with Gasteiger partial charge in [-0.25, -0.2) is 0 Å². The van der Waals surface area contributed by atoms with E-state index in [1.54, 1.807) is 0 Å². The molecule has 2 aromatic carbocycles. The molecule has 1 unspecified atom stereocenters. The van der Waals surface area contributed by atoms with Crippen LogP contribution in [0.25, 0.3) is 0 Å². The fourth-order valence-corrected chi connectivity index (χ4v) is 2.50. The zero-order chi connectivity index (χ0) is 14.7. The van der Waals surface area contributed by atoms with Crippen LogP contribution >= 0.6 is 11.6 Å².